The number of anilines is 1. The summed E-state index contributed by atoms with van der Waals surface area (Å²) in [5, 5.41) is 6.35. The number of piperidine rings is 1. The zero-order valence-electron chi connectivity index (χ0n) is 16.6. The van der Waals surface area contributed by atoms with Crippen LogP contribution >= 0.6 is 0 Å². The number of hydrogen-bond donors (Lipinski definition) is 2. The Morgan fingerprint density at radius 2 is 1.96 bits per heavy atom. The molecule has 1 fully saturated rings. The van der Waals surface area contributed by atoms with Crippen LogP contribution in [-0.2, 0) is 13.0 Å². The second-order valence-electron chi connectivity index (χ2n) is 7.87. The summed E-state index contributed by atoms with van der Waals surface area (Å²) in [6.07, 6.45) is 4.43. The van der Waals surface area contributed by atoms with E-state index in [-0.39, 0.29) is 5.91 Å². The zero-order chi connectivity index (χ0) is 19.3. The monoisotopic (exact) mass is 379 g/mol. The standard InChI is InChI=1S/C22H29N5O/c1-16-25-20-19(8-12-24-22(20)28)21(26-16)23-11-7-17-9-13-27(14-10-17)15-18-5-3-2-4-6-18/h2-6,17H,7-15H2,1H3,(H,24,28)(H,23,25,26). The van der Waals surface area contributed by atoms with Crippen molar-refractivity contribution in [1.82, 2.24) is 20.2 Å². The molecule has 6 nitrogen and oxygen atoms in total. The summed E-state index contributed by atoms with van der Waals surface area (Å²) in [7, 11) is 0. The molecule has 0 atom stereocenters. The number of nitrogens with one attached hydrogen (secondary N) is 2. The van der Waals surface area contributed by atoms with Gasteiger partial charge in [-0.05, 0) is 57.2 Å². The lowest BCUT2D eigenvalue weighted by Crippen LogP contribution is -2.34. The molecule has 0 aliphatic carbocycles. The third-order valence-electron chi connectivity index (χ3n) is 5.80. The van der Waals surface area contributed by atoms with Crippen molar-refractivity contribution in [1.29, 1.82) is 0 Å². The third-order valence-corrected chi connectivity index (χ3v) is 5.80. The topological polar surface area (TPSA) is 70.2 Å². The normalized spacial score (nSPS) is 17.8. The highest BCUT2D eigenvalue weighted by molar-refractivity contribution is 5.95. The van der Waals surface area contributed by atoms with Crippen LogP contribution in [0.2, 0.25) is 0 Å². The number of benzene rings is 1. The summed E-state index contributed by atoms with van der Waals surface area (Å²) >= 11 is 0. The third kappa shape index (κ3) is 4.50. The van der Waals surface area contributed by atoms with Crippen molar-refractivity contribution in [2.45, 2.75) is 39.2 Å². The van der Waals surface area contributed by atoms with Crippen molar-refractivity contribution >= 4 is 11.7 Å². The first-order valence-electron chi connectivity index (χ1n) is 10.3. The summed E-state index contributed by atoms with van der Waals surface area (Å²) in [4.78, 5) is 23.5. The number of nitrogens with zero attached hydrogens (tertiary/aromatic N) is 3. The average molecular weight is 380 g/mol. The molecule has 0 unspecified atom stereocenters. The molecule has 3 heterocycles. The van der Waals surface area contributed by atoms with Gasteiger partial charge in [0.25, 0.3) is 5.91 Å². The number of fused-ring (bicyclic) bond motifs is 1. The van der Waals surface area contributed by atoms with Crippen LogP contribution in [0.15, 0.2) is 30.3 Å². The zero-order valence-corrected chi connectivity index (χ0v) is 16.6. The van der Waals surface area contributed by atoms with Crippen molar-refractivity contribution in [3.63, 3.8) is 0 Å². The van der Waals surface area contributed by atoms with Crippen molar-refractivity contribution in [2.24, 2.45) is 5.92 Å². The fourth-order valence-corrected chi connectivity index (χ4v) is 4.22. The molecule has 0 saturated carbocycles. The van der Waals surface area contributed by atoms with E-state index in [1.807, 2.05) is 6.92 Å². The number of aromatic nitrogens is 2. The molecule has 2 N–H and O–H groups in total. The Labute approximate surface area is 166 Å². The lowest BCUT2D eigenvalue weighted by Gasteiger charge is -2.32. The van der Waals surface area contributed by atoms with Gasteiger partial charge in [-0.15, -0.1) is 0 Å². The molecule has 2 aromatic rings. The molecule has 1 amide bonds. The predicted octanol–water partition coefficient (Wildman–Crippen LogP) is 2.79. The van der Waals surface area contributed by atoms with Gasteiger partial charge in [-0.1, -0.05) is 30.3 Å². The lowest BCUT2D eigenvalue weighted by molar-refractivity contribution is 0.0940. The highest BCUT2D eigenvalue weighted by Gasteiger charge is 2.23. The van der Waals surface area contributed by atoms with Gasteiger partial charge < -0.3 is 10.6 Å². The number of amides is 1. The molecule has 6 heteroatoms. The van der Waals surface area contributed by atoms with Crippen molar-refractivity contribution in [2.75, 3.05) is 31.5 Å². The molecule has 1 saturated heterocycles. The van der Waals surface area contributed by atoms with Gasteiger partial charge in [-0.3, -0.25) is 9.69 Å². The Balaban J connectivity index is 1.26. The molecular weight excluding hydrogens is 350 g/mol. The number of carbonyl (C=O) groups excluding carboxylic acids is 1. The fraction of sp³-hybridized carbons (Fsp3) is 0.500. The smallest absolute Gasteiger partial charge is 0.270 e. The number of rotatable bonds is 6. The minimum Gasteiger partial charge on any atom is -0.370 e. The van der Waals surface area contributed by atoms with Crippen molar-refractivity contribution in [3.8, 4) is 0 Å². The summed E-state index contributed by atoms with van der Waals surface area (Å²) in [6, 6.07) is 10.7. The Kier molecular flexibility index (Phi) is 5.86. The van der Waals surface area contributed by atoms with Gasteiger partial charge >= 0.3 is 0 Å². The Hall–Kier alpha value is -2.47. The van der Waals surface area contributed by atoms with Crippen molar-refractivity contribution < 1.29 is 4.79 Å². The largest absolute Gasteiger partial charge is 0.370 e. The van der Waals surface area contributed by atoms with Crippen LogP contribution in [0.25, 0.3) is 0 Å². The SMILES string of the molecule is Cc1nc(NCCC2CCN(Cc3ccccc3)CC2)c2c(n1)C(=O)NCC2. The van der Waals surface area contributed by atoms with E-state index in [1.165, 1.54) is 31.5 Å². The molecule has 0 radical (unpaired) electrons. The quantitative estimate of drug-likeness (QED) is 0.808. The van der Waals surface area contributed by atoms with Crippen LogP contribution in [0, 0.1) is 12.8 Å². The van der Waals surface area contributed by atoms with Gasteiger partial charge in [0.1, 0.15) is 17.3 Å². The molecule has 28 heavy (non-hydrogen) atoms. The molecular formula is C22H29N5O. The Bertz CT molecular complexity index is 815. The molecule has 1 aromatic carbocycles. The maximum atomic E-state index is 12.0. The molecule has 4 rings (SSSR count). The fourth-order valence-electron chi connectivity index (χ4n) is 4.22. The number of hydrogen-bond acceptors (Lipinski definition) is 5. The first kappa shape index (κ1) is 18.9. The average Bonchev–Trinajstić information content (AvgIpc) is 2.71. The second kappa shape index (κ2) is 8.69. The number of aryl methyl sites for hydroxylation is 1. The first-order valence-corrected chi connectivity index (χ1v) is 10.3. The van der Waals surface area contributed by atoms with E-state index >= 15 is 0 Å². The molecule has 0 bridgehead atoms. The van der Waals surface area contributed by atoms with Crippen LogP contribution in [0.1, 0.15) is 46.7 Å². The molecule has 0 spiro atoms. The van der Waals surface area contributed by atoms with E-state index in [9.17, 15) is 4.79 Å². The van der Waals surface area contributed by atoms with E-state index < -0.39 is 0 Å². The summed E-state index contributed by atoms with van der Waals surface area (Å²) in [5.41, 5.74) is 2.90. The highest BCUT2D eigenvalue weighted by Crippen LogP contribution is 2.24. The predicted molar refractivity (Wildman–Crippen MR) is 110 cm³/mol. The molecule has 148 valence electrons. The van der Waals surface area contributed by atoms with Gasteiger partial charge in [0.2, 0.25) is 0 Å². The maximum absolute atomic E-state index is 12.0. The van der Waals surface area contributed by atoms with Gasteiger partial charge in [-0.25, -0.2) is 9.97 Å². The Morgan fingerprint density at radius 3 is 2.75 bits per heavy atom. The van der Waals surface area contributed by atoms with Crippen LogP contribution in [-0.4, -0.2) is 47.0 Å². The van der Waals surface area contributed by atoms with Gasteiger partial charge in [0.05, 0.1) is 0 Å². The lowest BCUT2D eigenvalue weighted by atomic mass is 9.93. The molecule has 2 aliphatic heterocycles. The van der Waals surface area contributed by atoms with E-state index in [0.29, 0.717) is 18.1 Å². The van der Waals surface area contributed by atoms with E-state index in [4.69, 9.17) is 0 Å². The van der Waals surface area contributed by atoms with Crippen LogP contribution in [0.3, 0.4) is 0 Å². The molecule has 1 aromatic heterocycles. The minimum atomic E-state index is -0.0828. The molecule has 2 aliphatic rings. The van der Waals surface area contributed by atoms with E-state index in [2.05, 4.69) is 55.8 Å². The van der Waals surface area contributed by atoms with Crippen LogP contribution in [0.4, 0.5) is 5.82 Å². The number of carbonyl (C=O) groups is 1. The summed E-state index contributed by atoms with van der Waals surface area (Å²) in [5.74, 6) is 2.16. The Morgan fingerprint density at radius 1 is 1.18 bits per heavy atom. The summed E-state index contributed by atoms with van der Waals surface area (Å²) < 4.78 is 0. The van der Waals surface area contributed by atoms with Crippen molar-refractivity contribution in [3.05, 3.63) is 53.0 Å². The summed E-state index contributed by atoms with van der Waals surface area (Å²) in [6.45, 7) is 6.79. The van der Waals surface area contributed by atoms with Gasteiger partial charge in [0, 0.05) is 25.2 Å². The highest BCUT2D eigenvalue weighted by atomic mass is 16.1. The van der Waals surface area contributed by atoms with E-state index in [1.54, 1.807) is 0 Å². The maximum Gasteiger partial charge on any atom is 0.270 e. The van der Waals surface area contributed by atoms with Crippen LogP contribution in [0.5, 0.6) is 0 Å². The second-order valence-corrected chi connectivity index (χ2v) is 7.87. The van der Waals surface area contributed by atoms with E-state index in [0.717, 1.165) is 43.2 Å². The van der Waals surface area contributed by atoms with Gasteiger partial charge in [0.15, 0.2) is 0 Å². The van der Waals surface area contributed by atoms with Crippen LogP contribution < -0.4 is 10.6 Å². The minimum absolute atomic E-state index is 0.0828. The van der Waals surface area contributed by atoms with Gasteiger partial charge in [-0.2, -0.15) is 0 Å². The first-order chi connectivity index (χ1) is 13.7. The number of likely N-dealkylation sites (tertiary alicyclic amines) is 1.